The van der Waals surface area contributed by atoms with Crippen LogP contribution in [0.3, 0.4) is 0 Å². The molecule has 0 spiro atoms. The average molecular weight is 336 g/mol. The van der Waals surface area contributed by atoms with Gasteiger partial charge in [0.2, 0.25) is 5.91 Å². The maximum absolute atomic E-state index is 12.6. The minimum absolute atomic E-state index is 0.0632. The number of carbonyl (C=O) groups excluding carboxylic acids is 2. The summed E-state index contributed by atoms with van der Waals surface area (Å²) in [5.74, 6) is -0.644. The molecule has 1 fully saturated rings. The zero-order valence-corrected chi connectivity index (χ0v) is 13.7. The normalized spacial score (nSPS) is 19.8. The van der Waals surface area contributed by atoms with Crippen LogP contribution in [0.2, 0.25) is 5.02 Å². The number of rotatable bonds is 3. The summed E-state index contributed by atoms with van der Waals surface area (Å²) in [7, 11) is 1.45. The number of halogens is 1. The third-order valence-corrected chi connectivity index (χ3v) is 4.87. The molecule has 1 aromatic carbocycles. The molecular formula is C15H14ClN3O2S. The van der Waals surface area contributed by atoms with E-state index < -0.39 is 5.91 Å². The number of carbonyl (C=O) groups is 2. The van der Waals surface area contributed by atoms with E-state index in [9.17, 15) is 14.9 Å². The van der Waals surface area contributed by atoms with Crippen molar-refractivity contribution in [2.75, 3.05) is 11.9 Å². The third-order valence-electron chi connectivity index (χ3n) is 3.19. The standard InChI is InChI=1S/C15H14ClN3O2S/c1-3-12-14(21)19(10-6-4-9(16)5-7-10)15(22-12)11(8-17)13(20)18-2/h4-7,12H,3H2,1-2H3,(H,18,20)/b15-11+. The average Bonchev–Trinajstić information content (AvgIpc) is 2.85. The van der Waals surface area contributed by atoms with Gasteiger partial charge in [0.1, 0.15) is 16.7 Å². The fraction of sp³-hybridized carbons (Fsp3) is 0.267. The van der Waals surface area contributed by atoms with Crippen molar-refractivity contribution >= 4 is 40.9 Å². The van der Waals surface area contributed by atoms with E-state index >= 15 is 0 Å². The smallest absolute Gasteiger partial charge is 0.264 e. The van der Waals surface area contributed by atoms with Crippen molar-refractivity contribution in [2.24, 2.45) is 0 Å². The van der Waals surface area contributed by atoms with E-state index in [1.165, 1.54) is 23.7 Å². The molecule has 0 saturated carbocycles. The lowest BCUT2D eigenvalue weighted by atomic mass is 10.2. The van der Waals surface area contributed by atoms with E-state index in [1.807, 2.05) is 13.0 Å². The summed E-state index contributed by atoms with van der Waals surface area (Å²) < 4.78 is 0. The van der Waals surface area contributed by atoms with Gasteiger partial charge in [-0.3, -0.25) is 14.5 Å². The van der Waals surface area contributed by atoms with Crippen LogP contribution in [0.15, 0.2) is 34.9 Å². The second kappa shape index (κ2) is 6.86. The quantitative estimate of drug-likeness (QED) is 0.681. The molecule has 2 amide bonds. The van der Waals surface area contributed by atoms with Gasteiger partial charge in [0.05, 0.1) is 5.25 Å². The van der Waals surface area contributed by atoms with E-state index in [-0.39, 0.29) is 16.7 Å². The summed E-state index contributed by atoms with van der Waals surface area (Å²) in [5.41, 5.74) is 0.524. The summed E-state index contributed by atoms with van der Waals surface area (Å²) in [6.07, 6.45) is 0.615. The summed E-state index contributed by atoms with van der Waals surface area (Å²) in [5, 5.41) is 12.3. The molecule has 0 radical (unpaired) electrons. The van der Waals surface area contributed by atoms with E-state index in [4.69, 9.17) is 11.6 Å². The Morgan fingerprint density at radius 1 is 1.45 bits per heavy atom. The first kappa shape index (κ1) is 16.4. The van der Waals surface area contributed by atoms with Gasteiger partial charge in [-0.2, -0.15) is 5.26 Å². The van der Waals surface area contributed by atoms with E-state index in [0.29, 0.717) is 22.2 Å². The number of benzene rings is 1. The van der Waals surface area contributed by atoms with Crippen molar-refractivity contribution < 1.29 is 9.59 Å². The van der Waals surface area contributed by atoms with Gasteiger partial charge < -0.3 is 5.32 Å². The van der Waals surface area contributed by atoms with Crippen LogP contribution < -0.4 is 10.2 Å². The number of anilines is 1. The van der Waals surface area contributed by atoms with Gasteiger partial charge in [0.25, 0.3) is 5.91 Å². The Hall–Kier alpha value is -1.97. The minimum Gasteiger partial charge on any atom is -0.354 e. The largest absolute Gasteiger partial charge is 0.354 e. The van der Waals surface area contributed by atoms with Crippen molar-refractivity contribution in [1.29, 1.82) is 5.26 Å². The minimum atomic E-state index is -0.506. The van der Waals surface area contributed by atoms with Gasteiger partial charge in [-0.25, -0.2) is 0 Å². The van der Waals surface area contributed by atoms with E-state index in [1.54, 1.807) is 24.3 Å². The third kappa shape index (κ3) is 2.96. The molecule has 1 unspecified atom stereocenters. The van der Waals surface area contributed by atoms with Crippen LogP contribution in [0.1, 0.15) is 13.3 Å². The van der Waals surface area contributed by atoms with Crippen LogP contribution >= 0.6 is 23.4 Å². The monoisotopic (exact) mass is 335 g/mol. The molecule has 1 N–H and O–H groups in total. The van der Waals surface area contributed by atoms with Crippen LogP contribution in [-0.4, -0.2) is 24.1 Å². The molecule has 1 aromatic rings. The molecule has 1 heterocycles. The predicted molar refractivity (Wildman–Crippen MR) is 87.3 cm³/mol. The van der Waals surface area contributed by atoms with Crippen LogP contribution in [0.5, 0.6) is 0 Å². The molecule has 0 aromatic heterocycles. The van der Waals surface area contributed by atoms with Crippen LogP contribution in [0.25, 0.3) is 0 Å². The molecule has 2 rings (SSSR count). The molecule has 5 nitrogen and oxygen atoms in total. The lowest BCUT2D eigenvalue weighted by molar-refractivity contribution is -0.117. The summed E-state index contributed by atoms with van der Waals surface area (Å²) in [6.45, 7) is 1.89. The number of thioether (sulfide) groups is 1. The predicted octanol–water partition coefficient (Wildman–Crippen LogP) is 2.68. The number of nitrogens with zero attached hydrogens (tertiary/aromatic N) is 2. The Labute approximate surface area is 137 Å². The Balaban J connectivity index is 2.57. The Morgan fingerprint density at radius 3 is 2.59 bits per heavy atom. The van der Waals surface area contributed by atoms with Crippen LogP contribution in [0, 0.1) is 11.3 Å². The molecular weight excluding hydrogens is 322 g/mol. The Morgan fingerprint density at radius 2 is 2.09 bits per heavy atom. The van der Waals surface area contributed by atoms with Gasteiger partial charge in [0, 0.05) is 17.8 Å². The van der Waals surface area contributed by atoms with Crippen molar-refractivity contribution in [1.82, 2.24) is 5.32 Å². The molecule has 1 aliphatic heterocycles. The van der Waals surface area contributed by atoms with Crippen molar-refractivity contribution in [3.8, 4) is 6.07 Å². The van der Waals surface area contributed by atoms with Crippen LogP contribution in [0.4, 0.5) is 5.69 Å². The highest BCUT2D eigenvalue weighted by Gasteiger charge is 2.39. The lowest BCUT2D eigenvalue weighted by Crippen LogP contribution is -2.30. The second-order valence-electron chi connectivity index (χ2n) is 4.54. The number of nitriles is 1. The molecule has 1 aliphatic rings. The summed E-state index contributed by atoms with van der Waals surface area (Å²) in [6, 6.07) is 8.61. The van der Waals surface area contributed by atoms with Gasteiger partial charge >= 0.3 is 0 Å². The summed E-state index contributed by atoms with van der Waals surface area (Å²) >= 11 is 7.11. The fourth-order valence-corrected chi connectivity index (χ4v) is 3.39. The zero-order valence-electron chi connectivity index (χ0n) is 12.1. The van der Waals surface area contributed by atoms with Crippen LogP contribution in [-0.2, 0) is 9.59 Å². The second-order valence-corrected chi connectivity index (χ2v) is 6.16. The maximum atomic E-state index is 12.6. The number of hydrogen-bond donors (Lipinski definition) is 1. The lowest BCUT2D eigenvalue weighted by Gasteiger charge is -2.18. The van der Waals surface area contributed by atoms with Crippen molar-refractivity contribution in [2.45, 2.75) is 18.6 Å². The summed E-state index contributed by atoms with van der Waals surface area (Å²) in [4.78, 5) is 25.9. The number of nitrogens with one attached hydrogen (secondary N) is 1. The first-order valence-corrected chi connectivity index (χ1v) is 7.91. The first-order chi connectivity index (χ1) is 10.5. The maximum Gasteiger partial charge on any atom is 0.264 e. The Kier molecular flexibility index (Phi) is 5.11. The SMILES string of the molecule is CCC1S/C(=C(\C#N)C(=O)NC)N(c2ccc(Cl)cc2)C1=O. The molecule has 7 heteroatoms. The molecule has 0 aliphatic carbocycles. The van der Waals surface area contributed by atoms with Gasteiger partial charge in [-0.15, -0.1) is 0 Å². The molecule has 1 atom stereocenters. The fourth-order valence-electron chi connectivity index (χ4n) is 2.07. The number of hydrogen-bond acceptors (Lipinski definition) is 4. The van der Waals surface area contributed by atoms with Gasteiger partial charge in [-0.1, -0.05) is 30.3 Å². The number of likely N-dealkylation sites (N-methyl/N-ethyl adjacent to an activating group) is 1. The van der Waals surface area contributed by atoms with Crippen molar-refractivity contribution in [3.05, 3.63) is 39.9 Å². The molecule has 114 valence electrons. The van der Waals surface area contributed by atoms with Crippen molar-refractivity contribution in [3.63, 3.8) is 0 Å². The molecule has 22 heavy (non-hydrogen) atoms. The highest BCUT2D eigenvalue weighted by molar-refractivity contribution is 8.05. The first-order valence-electron chi connectivity index (χ1n) is 6.66. The Bertz CT molecular complexity index is 679. The topological polar surface area (TPSA) is 73.2 Å². The zero-order chi connectivity index (χ0) is 16.3. The highest BCUT2D eigenvalue weighted by Crippen LogP contribution is 2.41. The number of amides is 2. The molecule has 1 saturated heterocycles. The van der Waals surface area contributed by atoms with Gasteiger partial charge in [-0.05, 0) is 30.7 Å². The van der Waals surface area contributed by atoms with Gasteiger partial charge in [0.15, 0.2) is 0 Å². The van der Waals surface area contributed by atoms with E-state index in [2.05, 4.69) is 5.32 Å². The highest BCUT2D eigenvalue weighted by atomic mass is 35.5. The molecule has 0 bridgehead atoms. The van der Waals surface area contributed by atoms with E-state index in [0.717, 1.165) is 0 Å².